The topological polar surface area (TPSA) is 79.8 Å². The van der Waals surface area contributed by atoms with Crippen LogP contribution in [0.15, 0.2) is 34.2 Å². The predicted octanol–water partition coefficient (Wildman–Crippen LogP) is 2.73. The summed E-state index contributed by atoms with van der Waals surface area (Å²) in [6.45, 7) is 9.77. The Hall–Kier alpha value is -2.02. The van der Waals surface area contributed by atoms with Crippen LogP contribution in [-0.4, -0.2) is 33.0 Å². The second-order valence-corrected chi connectivity index (χ2v) is 8.24. The molecule has 0 bridgehead atoms. The van der Waals surface area contributed by atoms with Crippen LogP contribution in [0, 0.1) is 0 Å². The van der Waals surface area contributed by atoms with Crippen molar-refractivity contribution in [2.75, 3.05) is 12.3 Å². The molecular formula is C19H28N4O2S. The van der Waals surface area contributed by atoms with Gasteiger partial charge in [-0.25, -0.2) is 9.89 Å². The van der Waals surface area contributed by atoms with Crippen molar-refractivity contribution < 1.29 is 4.79 Å². The molecule has 0 atom stereocenters. The van der Waals surface area contributed by atoms with Crippen molar-refractivity contribution in [1.29, 1.82) is 0 Å². The maximum atomic E-state index is 12.0. The van der Waals surface area contributed by atoms with Gasteiger partial charge in [-0.05, 0) is 29.4 Å². The van der Waals surface area contributed by atoms with Gasteiger partial charge in [-0.3, -0.25) is 9.36 Å². The third-order valence-corrected chi connectivity index (χ3v) is 5.04. The summed E-state index contributed by atoms with van der Waals surface area (Å²) in [4.78, 5) is 23.6. The first-order chi connectivity index (χ1) is 12.3. The molecule has 1 amide bonds. The van der Waals surface area contributed by atoms with Gasteiger partial charge in [0.25, 0.3) is 0 Å². The highest BCUT2D eigenvalue weighted by Crippen LogP contribution is 2.22. The Morgan fingerprint density at radius 3 is 2.58 bits per heavy atom. The summed E-state index contributed by atoms with van der Waals surface area (Å²) in [5.74, 6) is 0.191. The van der Waals surface area contributed by atoms with Gasteiger partial charge in [0.05, 0.1) is 5.75 Å². The molecule has 1 aromatic carbocycles. The van der Waals surface area contributed by atoms with Gasteiger partial charge < -0.3 is 5.32 Å². The van der Waals surface area contributed by atoms with Crippen LogP contribution >= 0.6 is 11.8 Å². The fraction of sp³-hybridized carbons (Fsp3) is 0.526. The molecule has 0 fully saturated rings. The number of nitrogens with one attached hydrogen (secondary N) is 2. The summed E-state index contributed by atoms with van der Waals surface area (Å²) in [7, 11) is 0. The maximum Gasteiger partial charge on any atom is 0.343 e. The van der Waals surface area contributed by atoms with E-state index in [4.69, 9.17) is 0 Å². The van der Waals surface area contributed by atoms with Gasteiger partial charge >= 0.3 is 5.69 Å². The first kappa shape index (κ1) is 20.3. The van der Waals surface area contributed by atoms with Crippen molar-refractivity contribution in [3.63, 3.8) is 0 Å². The van der Waals surface area contributed by atoms with Crippen LogP contribution in [0.5, 0.6) is 0 Å². The fourth-order valence-corrected chi connectivity index (χ4v) is 3.34. The summed E-state index contributed by atoms with van der Waals surface area (Å²) < 4.78 is 1.56. The normalized spacial score (nSPS) is 11.5. The Morgan fingerprint density at radius 1 is 1.27 bits per heavy atom. The SMILES string of the molecule is CCCn1c(SCC(=O)NCCc2ccc(C(C)(C)C)cc2)n[nH]c1=O. The summed E-state index contributed by atoms with van der Waals surface area (Å²) in [5, 5.41) is 9.88. The van der Waals surface area contributed by atoms with E-state index in [0.717, 1.165) is 12.8 Å². The molecule has 7 heteroatoms. The average molecular weight is 377 g/mol. The number of thioether (sulfide) groups is 1. The number of hydrogen-bond donors (Lipinski definition) is 2. The molecule has 0 aliphatic rings. The standard InChI is InChI=1S/C19H28N4O2S/c1-5-12-23-17(25)21-22-18(23)26-13-16(24)20-11-10-14-6-8-15(9-7-14)19(2,3)4/h6-9H,5,10-13H2,1-4H3,(H,20,24)(H,21,25). The van der Waals surface area contributed by atoms with Crippen molar-refractivity contribution in [3.8, 4) is 0 Å². The van der Waals surface area contributed by atoms with Crippen molar-refractivity contribution in [1.82, 2.24) is 20.1 Å². The summed E-state index contributed by atoms with van der Waals surface area (Å²) in [5.41, 5.74) is 2.43. The lowest BCUT2D eigenvalue weighted by Gasteiger charge is -2.19. The molecule has 0 unspecified atom stereocenters. The Morgan fingerprint density at radius 2 is 1.96 bits per heavy atom. The van der Waals surface area contributed by atoms with Gasteiger partial charge in [-0.15, -0.1) is 5.10 Å². The molecule has 1 aromatic heterocycles. The van der Waals surface area contributed by atoms with Gasteiger partial charge in [0, 0.05) is 13.1 Å². The number of amides is 1. The molecule has 142 valence electrons. The Bertz CT molecular complexity index is 772. The minimum absolute atomic E-state index is 0.0557. The number of aromatic amines is 1. The van der Waals surface area contributed by atoms with E-state index in [1.165, 1.54) is 22.9 Å². The third-order valence-electron chi connectivity index (χ3n) is 4.06. The molecule has 0 radical (unpaired) electrons. The van der Waals surface area contributed by atoms with Crippen molar-refractivity contribution in [2.45, 2.75) is 57.7 Å². The van der Waals surface area contributed by atoms with Crippen LogP contribution in [-0.2, 0) is 23.2 Å². The molecule has 26 heavy (non-hydrogen) atoms. The lowest BCUT2D eigenvalue weighted by Crippen LogP contribution is -2.27. The number of rotatable bonds is 8. The van der Waals surface area contributed by atoms with E-state index in [9.17, 15) is 9.59 Å². The minimum Gasteiger partial charge on any atom is -0.355 e. The molecule has 0 saturated heterocycles. The minimum atomic E-state index is -0.228. The second kappa shape index (κ2) is 9.07. The summed E-state index contributed by atoms with van der Waals surface area (Å²) in [6, 6.07) is 8.54. The number of H-pyrrole nitrogens is 1. The zero-order valence-electron chi connectivity index (χ0n) is 16.0. The van der Waals surface area contributed by atoms with E-state index in [-0.39, 0.29) is 22.8 Å². The zero-order chi connectivity index (χ0) is 19.2. The molecular weight excluding hydrogens is 348 g/mol. The molecule has 2 rings (SSSR count). The van der Waals surface area contributed by atoms with Crippen LogP contribution < -0.4 is 11.0 Å². The van der Waals surface area contributed by atoms with Gasteiger partial charge in [-0.2, -0.15) is 0 Å². The maximum absolute atomic E-state index is 12.0. The van der Waals surface area contributed by atoms with Crippen LogP contribution in [0.2, 0.25) is 0 Å². The number of carbonyl (C=O) groups excluding carboxylic acids is 1. The lowest BCUT2D eigenvalue weighted by atomic mass is 9.86. The van der Waals surface area contributed by atoms with E-state index >= 15 is 0 Å². The molecule has 6 nitrogen and oxygen atoms in total. The molecule has 2 aromatic rings. The highest BCUT2D eigenvalue weighted by atomic mass is 32.2. The monoisotopic (exact) mass is 376 g/mol. The molecule has 0 spiro atoms. The first-order valence-corrected chi connectivity index (χ1v) is 9.94. The number of carbonyl (C=O) groups is 1. The first-order valence-electron chi connectivity index (χ1n) is 8.95. The van der Waals surface area contributed by atoms with E-state index in [0.29, 0.717) is 18.2 Å². The van der Waals surface area contributed by atoms with Crippen LogP contribution in [0.3, 0.4) is 0 Å². The van der Waals surface area contributed by atoms with Crippen LogP contribution in [0.1, 0.15) is 45.2 Å². The average Bonchev–Trinajstić information content (AvgIpc) is 2.93. The van der Waals surface area contributed by atoms with E-state index in [1.54, 1.807) is 4.57 Å². The Balaban J connectivity index is 1.76. The Kier molecular flexibility index (Phi) is 7.08. The molecule has 0 saturated carbocycles. The smallest absolute Gasteiger partial charge is 0.343 e. The zero-order valence-corrected chi connectivity index (χ0v) is 16.8. The van der Waals surface area contributed by atoms with Gasteiger partial charge in [0.15, 0.2) is 5.16 Å². The predicted molar refractivity (Wildman–Crippen MR) is 106 cm³/mol. The largest absolute Gasteiger partial charge is 0.355 e. The fourth-order valence-electron chi connectivity index (χ4n) is 2.53. The van der Waals surface area contributed by atoms with Crippen molar-refractivity contribution in [3.05, 3.63) is 45.9 Å². The number of aromatic nitrogens is 3. The van der Waals surface area contributed by atoms with E-state index in [2.05, 4.69) is 60.6 Å². The van der Waals surface area contributed by atoms with Crippen LogP contribution in [0.4, 0.5) is 0 Å². The highest BCUT2D eigenvalue weighted by molar-refractivity contribution is 7.99. The number of hydrogen-bond acceptors (Lipinski definition) is 4. The molecule has 1 heterocycles. The summed E-state index contributed by atoms with van der Waals surface area (Å²) >= 11 is 1.28. The van der Waals surface area contributed by atoms with Crippen LogP contribution in [0.25, 0.3) is 0 Å². The second-order valence-electron chi connectivity index (χ2n) is 7.30. The quantitative estimate of drug-likeness (QED) is 0.694. The highest BCUT2D eigenvalue weighted by Gasteiger charge is 2.13. The summed E-state index contributed by atoms with van der Waals surface area (Å²) in [6.07, 6.45) is 1.64. The van der Waals surface area contributed by atoms with Gasteiger partial charge in [0.1, 0.15) is 0 Å². The van der Waals surface area contributed by atoms with Crippen molar-refractivity contribution in [2.24, 2.45) is 0 Å². The lowest BCUT2D eigenvalue weighted by molar-refractivity contribution is -0.118. The van der Waals surface area contributed by atoms with Gasteiger partial charge in [0.2, 0.25) is 5.91 Å². The third kappa shape index (κ3) is 5.76. The van der Waals surface area contributed by atoms with Gasteiger partial charge in [-0.1, -0.05) is 63.7 Å². The van der Waals surface area contributed by atoms with Crippen molar-refractivity contribution >= 4 is 17.7 Å². The molecule has 2 N–H and O–H groups in total. The number of nitrogens with zero attached hydrogens (tertiary/aromatic N) is 2. The number of benzene rings is 1. The Labute approximate surface area is 158 Å². The molecule has 0 aliphatic heterocycles. The molecule has 0 aliphatic carbocycles. The van der Waals surface area contributed by atoms with E-state index < -0.39 is 0 Å². The van der Waals surface area contributed by atoms with E-state index in [1.807, 2.05) is 6.92 Å².